The Labute approximate surface area is 107 Å². The lowest BCUT2D eigenvalue weighted by Gasteiger charge is -2.33. The van der Waals surface area contributed by atoms with Crippen LogP contribution in [0.1, 0.15) is 71.1 Å². The van der Waals surface area contributed by atoms with Crippen LogP contribution in [0.25, 0.3) is 0 Å². The molecule has 1 heteroatoms. The zero-order valence-electron chi connectivity index (χ0n) is 11.5. The number of hydrogen-bond donors (Lipinski definition) is 1. The molecule has 0 spiro atoms. The van der Waals surface area contributed by atoms with E-state index in [1.165, 1.54) is 64.2 Å². The molecule has 0 aromatic heterocycles. The molecule has 2 N–H and O–H groups in total. The van der Waals surface area contributed by atoms with Crippen LogP contribution in [0, 0.1) is 11.8 Å². The van der Waals surface area contributed by atoms with E-state index in [2.05, 4.69) is 13.0 Å². The van der Waals surface area contributed by atoms with Gasteiger partial charge in [0.2, 0.25) is 0 Å². The Morgan fingerprint density at radius 3 is 2.76 bits per heavy atom. The molecular formula is C16H29N. The SMILES string of the molecule is CC1CCCC(C(N)C2=CCCCCCC2)C1. The van der Waals surface area contributed by atoms with Crippen LogP contribution >= 0.6 is 0 Å². The molecule has 0 aromatic carbocycles. The van der Waals surface area contributed by atoms with Crippen molar-refractivity contribution in [1.29, 1.82) is 0 Å². The number of allylic oxidation sites excluding steroid dienone is 1. The van der Waals surface area contributed by atoms with E-state index in [-0.39, 0.29) is 0 Å². The zero-order valence-corrected chi connectivity index (χ0v) is 11.5. The molecule has 3 atom stereocenters. The van der Waals surface area contributed by atoms with Crippen molar-refractivity contribution in [1.82, 2.24) is 0 Å². The van der Waals surface area contributed by atoms with Crippen molar-refractivity contribution in [3.63, 3.8) is 0 Å². The number of nitrogens with two attached hydrogens (primary N) is 1. The lowest BCUT2D eigenvalue weighted by molar-refractivity contribution is 0.257. The first kappa shape index (κ1) is 13.1. The van der Waals surface area contributed by atoms with Crippen molar-refractivity contribution in [3.05, 3.63) is 11.6 Å². The van der Waals surface area contributed by atoms with E-state index in [1.54, 1.807) is 5.57 Å². The average molecular weight is 235 g/mol. The fourth-order valence-corrected chi connectivity index (χ4v) is 3.63. The van der Waals surface area contributed by atoms with Crippen molar-refractivity contribution >= 4 is 0 Å². The third-order valence-corrected chi connectivity index (χ3v) is 4.74. The van der Waals surface area contributed by atoms with Crippen molar-refractivity contribution < 1.29 is 0 Å². The quantitative estimate of drug-likeness (QED) is 0.704. The number of hydrogen-bond acceptors (Lipinski definition) is 1. The second kappa shape index (κ2) is 6.58. The maximum absolute atomic E-state index is 6.54. The molecule has 1 nitrogen and oxygen atoms in total. The fraction of sp³-hybridized carbons (Fsp3) is 0.875. The minimum absolute atomic E-state index is 0.371. The molecule has 0 radical (unpaired) electrons. The molecular weight excluding hydrogens is 206 g/mol. The van der Waals surface area contributed by atoms with Gasteiger partial charge in [-0.25, -0.2) is 0 Å². The topological polar surface area (TPSA) is 26.0 Å². The van der Waals surface area contributed by atoms with Gasteiger partial charge in [0.1, 0.15) is 0 Å². The van der Waals surface area contributed by atoms with Crippen LogP contribution in [0.3, 0.4) is 0 Å². The molecule has 3 unspecified atom stereocenters. The van der Waals surface area contributed by atoms with E-state index < -0.39 is 0 Å². The minimum atomic E-state index is 0.371. The molecule has 2 rings (SSSR count). The predicted molar refractivity (Wildman–Crippen MR) is 74.9 cm³/mol. The summed E-state index contributed by atoms with van der Waals surface area (Å²) in [5, 5.41) is 0. The molecule has 0 saturated heterocycles. The first-order valence-electron chi connectivity index (χ1n) is 7.72. The molecule has 0 aliphatic heterocycles. The maximum atomic E-state index is 6.54. The predicted octanol–water partition coefficient (Wildman–Crippen LogP) is 4.42. The van der Waals surface area contributed by atoms with E-state index in [0.29, 0.717) is 6.04 Å². The summed E-state index contributed by atoms with van der Waals surface area (Å²) in [7, 11) is 0. The summed E-state index contributed by atoms with van der Waals surface area (Å²) in [6.07, 6.45) is 16.1. The van der Waals surface area contributed by atoms with Crippen LogP contribution < -0.4 is 5.73 Å². The van der Waals surface area contributed by atoms with E-state index in [0.717, 1.165) is 11.8 Å². The highest BCUT2D eigenvalue weighted by Gasteiger charge is 2.26. The summed E-state index contributed by atoms with van der Waals surface area (Å²) in [4.78, 5) is 0. The normalized spacial score (nSPS) is 33.4. The molecule has 2 aliphatic rings. The molecule has 0 heterocycles. The van der Waals surface area contributed by atoms with Gasteiger partial charge in [0.05, 0.1) is 0 Å². The first-order chi connectivity index (χ1) is 8.27. The minimum Gasteiger partial charge on any atom is -0.324 e. The summed E-state index contributed by atoms with van der Waals surface area (Å²) in [6, 6.07) is 0.371. The Morgan fingerprint density at radius 1 is 1.12 bits per heavy atom. The van der Waals surface area contributed by atoms with Crippen molar-refractivity contribution in [2.75, 3.05) is 0 Å². The molecule has 2 aliphatic carbocycles. The Morgan fingerprint density at radius 2 is 1.94 bits per heavy atom. The fourth-order valence-electron chi connectivity index (χ4n) is 3.63. The van der Waals surface area contributed by atoms with Gasteiger partial charge in [0.15, 0.2) is 0 Å². The monoisotopic (exact) mass is 235 g/mol. The second-order valence-electron chi connectivity index (χ2n) is 6.29. The summed E-state index contributed by atoms with van der Waals surface area (Å²) >= 11 is 0. The lowest BCUT2D eigenvalue weighted by Crippen LogP contribution is -2.35. The van der Waals surface area contributed by atoms with Gasteiger partial charge in [-0.2, -0.15) is 0 Å². The van der Waals surface area contributed by atoms with Crippen LogP contribution in [0.5, 0.6) is 0 Å². The molecule has 0 aromatic rings. The van der Waals surface area contributed by atoms with Crippen molar-refractivity contribution in [3.8, 4) is 0 Å². The highest BCUT2D eigenvalue weighted by atomic mass is 14.7. The summed E-state index contributed by atoms with van der Waals surface area (Å²) in [6.45, 7) is 2.39. The summed E-state index contributed by atoms with van der Waals surface area (Å²) < 4.78 is 0. The molecule has 0 amide bonds. The van der Waals surface area contributed by atoms with Crippen LogP contribution in [0.2, 0.25) is 0 Å². The molecule has 1 fully saturated rings. The second-order valence-corrected chi connectivity index (χ2v) is 6.29. The van der Waals surface area contributed by atoms with Gasteiger partial charge in [-0.3, -0.25) is 0 Å². The van der Waals surface area contributed by atoms with E-state index in [1.807, 2.05) is 0 Å². The standard InChI is InChI=1S/C16H29N/c1-13-8-7-11-15(12-13)16(17)14-9-5-3-2-4-6-10-14/h9,13,15-16H,2-8,10-12,17H2,1H3. The molecule has 1 saturated carbocycles. The van der Waals surface area contributed by atoms with Crippen LogP contribution in [0.4, 0.5) is 0 Å². The zero-order chi connectivity index (χ0) is 12.1. The van der Waals surface area contributed by atoms with E-state index in [4.69, 9.17) is 5.73 Å². The first-order valence-corrected chi connectivity index (χ1v) is 7.72. The van der Waals surface area contributed by atoms with Gasteiger partial charge in [0, 0.05) is 6.04 Å². The van der Waals surface area contributed by atoms with Gasteiger partial charge in [-0.15, -0.1) is 0 Å². The summed E-state index contributed by atoms with van der Waals surface area (Å²) in [5.74, 6) is 1.67. The van der Waals surface area contributed by atoms with Crippen LogP contribution in [-0.4, -0.2) is 6.04 Å². The van der Waals surface area contributed by atoms with Crippen LogP contribution in [0.15, 0.2) is 11.6 Å². The number of rotatable bonds is 2. The van der Waals surface area contributed by atoms with Crippen LogP contribution in [-0.2, 0) is 0 Å². The van der Waals surface area contributed by atoms with Gasteiger partial charge in [-0.1, -0.05) is 44.3 Å². The molecule has 98 valence electrons. The van der Waals surface area contributed by atoms with E-state index >= 15 is 0 Å². The molecule has 0 bridgehead atoms. The van der Waals surface area contributed by atoms with Crippen molar-refractivity contribution in [2.45, 2.75) is 77.2 Å². The third kappa shape index (κ3) is 3.84. The average Bonchev–Trinajstić information content (AvgIpc) is 2.28. The van der Waals surface area contributed by atoms with Gasteiger partial charge in [0.25, 0.3) is 0 Å². The largest absolute Gasteiger partial charge is 0.324 e. The molecule has 17 heavy (non-hydrogen) atoms. The third-order valence-electron chi connectivity index (χ3n) is 4.74. The maximum Gasteiger partial charge on any atom is 0.0282 e. The van der Waals surface area contributed by atoms with Crippen molar-refractivity contribution in [2.24, 2.45) is 17.6 Å². The Kier molecular flexibility index (Phi) is 5.09. The Bertz CT molecular complexity index is 256. The smallest absolute Gasteiger partial charge is 0.0282 e. The van der Waals surface area contributed by atoms with Gasteiger partial charge < -0.3 is 5.73 Å². The Hall–Kier alpha value is -0.300. The Balaban J connectivity index is 1.94. The highest BCUT2D eigenvalue weighted by molar-refractivity contribution is 5.12. The lowest BCUT2D eigenvalue weighted by atomic mass is 9.76. The van der Waals surface area contributed by atoms with E-state index in [9.17, 15) is 0 Å². The summed E-state index contributed by atoms with van der Waals surface area (Å²) in [5.41, 5.74) is 8.12. The van der Waals surface area contributed by atoms with Gasteiger partial charge in [-0.05, 0) is 50.4 Å². The highest BCUT2D eigenvalue weighted by Crippen LogP contribution is 2.33. The van der Waals surface area contributed by atoms with Gasteiger partial charge >= 0.3 is 0 Å².